The smallest absolute Gasteiger partial charge is 0.320 e. The van der Waals surface area contributed by atoms with Crippen LogP contribution in [0.3, 0.4) is 0 Å². The van der Waals surface area contributed by atoms with Gasteiger partial charge in [0.15, 0.2) is 6.29 Å². The molecule has 0 heterocycles. The van der Waals surface area contributed by atoms with Gasteiger partial charge in [0.25, 0.3) is 0 Å². The molecular formula is C9H18FNO4. The Hall–Kier alpha value is -0.720. The normalized spacial score (nSPS) is 17.1. The van der Waals surface area contributed by atoms with Gasteiger partial charge in [-0.05, 0) is 19.3 Å². The van der Waals surface area contributed by atoms with Crippen molar-refractivity contribution in [1.29, 1.82) is 0 Å². The number of carboxylic acids is 1. The minimum absolute atomic E-state index is 0.0737. The lowest BCUT2D eigenvalue weighted by Crippen LogP contribution is -2.36. The lowest BCUT2D eigenvalue weighted by atomic mass is 9.95. The van der Waals surface area contributed by atoms with Crippen molar-refractivity contribution >= 4 is 5.97 Å². The highest BCUT2D eigenvalue weighted by Gasteiger charge is 2.24. The molecule has 4 N–H and O–H groups in total. The summed E-state index contributed by atoms with van der Waals surface area (Å²) >= 11 is 0. The van der Waals surface area contributed by atoms with E-state index in [9.17, 15) is 14.3 Å². The molecule has 0 fully saturated rings. The van der Waals surface area contributed by atoms with Gasteiger partial charge in [-0.25, -0.2) is 0 Å². The molecule has 0 aliphatic heterocycles. The highest BCUT2D eigenvalue weighted by molar-refractivity contribution is 5.73. The summed E-state index contributed by atoms with van der Waals surface area (Å²) in [4.78, 5) is 10.5. The first-order valence-electron chi connectivity index (χ1n) is 4.78. The molecule has 1 unspecified atom stereocenters. The highest BCUT2D eigenvalue weighted by atomic mass is 19.1. The van der Waals surface area contributed by atoms with Gasteiger partial charge in [0.1, 0.15) is 6.04 Å². The molecule has 0 aromatic rings. The number of rotatable bonds is 8. The lowest BCUT2D eigenvalue weighted by molar-refractivity contribution is -0.142. The lowest BCUT2D eigenvalue weighted by Gasteiger charge is -2.22. The molecular weight excluding hydrogens is 205 g/mol. The first-order valence-corrected chi connectivity index (χ1v) is 4.78. The number of halogens is 1. The number of hydrogen-bond acceptors (Lipinski definition) is 4. The van der Waals surface area contributed by atoms with Gasteiger partial charge in [-0.1, -0.05) is 0 Å². The van der Waals surface area contributed by atoms with Gasteiger partial charge in [0.05, 0.1) is 6.67 Å². The van der Waals surface area contributed by atoms with Crippen LogP contribution >= 0.6 is 0 Å². The fourth-order valence-corrected chi connectivity index (χ4v) is 1.34. The predicted octanol–water partition coefficient (Wildman–Crippen LogP) is 0.119. The number of aliphatic hydroxyl groups is 1. The quantitative estimate of drug-likeness (QED) is 0.508. The molecule has 0 aliphatic carbocycles. The van der Waals surface area contributed by atoms with Crippen molar-refractivity contribution in [2.45, 2.75) is 31.6 Å². The molecule has 6 heteroatoms. The third-order valence-corrected chi connectivity index (χ3v) is 2.23. The van der Waals surface area contributed by atoms with Gasteiger partial charge < -0.3 is 20.7 Å². The minimum atomic E-state index is -1.14. The molecule has 0 aromatic carbocycles. The molecule has 0 radical (unpaired) electrons. The van der Waals surface area contributed by atoms with E-state index in [1.807, 2.05) is 0 Å². The zero-order valence-corrected chi connectivity index (χ0v) is 8.73. The molecule has 5 nitrogen and oxygen atoms in total. The average molecular weight is 223 g/mol. The number of alkyl halides is 1. The molecule has 0 aliphatic rings. The Kier molecular flexibility index (Phi) is 7.19. The van der Waals surface area contributed by atoms with Crippen LogP contribution in [0.4, 0.5) is 4.39 Å². The molecule has 0 saturated carbocycles. The summed E-state index contributed by atoms with van der Waals surface area (Å²) in [6.07, 6.45) is -0.407. The van der Waals surface area contributed by atoms with Crippen LogP contribution in [0.2, 0.25) is 0 Å². The number of aliphatic carboxylic acids is 1. The molecule has 3 atom stereocenters. The summed E-state index contributed by atoms with van der Waals surface area (Å²) in [6, 6.07) is -1.06. The van der Waals surface area contributed by atoms with Crippen LogP contribution in [0.1, 0.15) is 19.3 Å². The summed E-state index contributed by atoms with van der Waals surface area (Å²) in [5.41, 5.74) is 5.32. The molecule has 0 aromatic heterocycles. The van der Waals surface area contributed by atoms with E-state index in [4.69, 9.17) is 10.8 Å². The van der Waals surface area contributed by atoms with Crippen molar-refractivity contribution in [1.82, 2.24) is 0 Å². The second-order valence-corrected chi connectivity index (χ2v) is 3.40. The van der Waals surface area contributed by atoms with E-state index in [2.05, 4.69) is 4.74 Å². The van der Waals surface area contributed by atoms with Crippen LogP contribution in [-0.4, -0.2) is 42.3 Å². The van der Waals surface area contributed by atoms with Crippen LogP contribution < -0.4 is 5.73 Å². The fourth-order valence-electron chi connectivity index (χ4n) is 1.34. The number of nitrogens with two attached hydrogens (primary N) is 1. The van der Waals surface area contributed by atoms with Gasteiger partial charge in [-0.15, -0.1) is 0 Å². The van der Waals surface area contributed by atoms with Crippen molar-refractivity contribution in [2.24, 2.45) is 11.7 Å². The SMILES string of the molecule is COC(O)[C@@H](CCCF)C[C@H](N)C(=O)O. The van der Waals surface area contributed by atoms with Gasteiger partial charge in [-0.3, -0.25) is 9.18 Å². The minimum Gasteiger partial charge on any atom is -0.480 e. The predicted molar refractivity (Wildman–Crippen MR) is 51.9 cm³/mol. The number of ether oxygens (including phenoxy) is 1. The Bertz CT molecular complexity index is 191. The largest absolute Gasteiger partial charge is 0.480 e. The standard InChI is InChI=1S/C9H18FNO4/c1-15-9(14)6(3-2-4-10)5-7(11)8(12)13/h6-7,9,14H,2-5,11H2,1H3,(H,12,13)/t6-,7-,9?/m0/s1. The summed E-state index contributed by atoms with van der Waals surface area (Å²) in [5.74, 6) is -1.58. The first kappa shape index (κ1) is 14.3. The van der Waals surface area contributed by atoms with Gasteiger partial charge in [-0.2, -0.15) is 0 Å². The van der Waals surface area contributed by atoms with Crippen molar-refractivity contribution in [3.63, 3.8) is 0 Å². The topological polar surface area (TPSA) is 92.8 Å². The van der Waals surface area contributed by atoms with E-state index in [1.54, 1.807) is 0 Å². The monoisotopic (exact) mass is 223 g/mol. The van der Waals surface area contributed by atoms with Crippen molar-refractivity contribution in [3.05, 3.63) is 0 Å². The van der Waals surface area contributed by atoms with E-state index in [0.29, 0.717) is 6.42 Å². The van der Waals surface area contributed by atoms with E-state index >= 15 is 0 Å². The van der Waals surface area contributed by atoms with Gasteiger partial charge in [0, 0.05) is 13.0 Å². The van der Waals surface area contributed by atoms with E-state index in [0.717, 1.165) is 0 Å². The summed E-state index contributed by atoms with van der Waals surface area (Å²) in [7, 11) is 1.30. The Morgan fingerprint density at radius 1 is 1.60 bits per heavy atom. The summed E-state index contributed by atoms with van der Waals surface area (Å²) in [5, 5.41) is 18.0. The summed E-state index contributed by atoms with van der Waals surface area (Å²) < 4.78 is 16.6. The van der Waals surface area contributed by atoms with E-state index < -0.39 is 30.9 Å². The van der Waals surface area contributed by atoms with Gasteiger partial charge >= 0.3 is 5.97 Å². The zero-order chi connectivity index (χ0) is 11.8. The molecule has 0 rings (SSSR count). The molecule has 90 valence electrons. The summed E-state index contributed by atoms with van der Waals surface area (Å²) in [6.45, 7) is -0.505. The second-order valence-electron chi connectivity index (χ2n) is 3.40. The average Bonchev–Trinajstić information content (AvgIpc) is 2.22. The second kappa shape index (κ2) is 7.56. The van der Waals surface area contributed by atoms with Crippen LogP contribution in [0.25, 0.3) is 0 Å². The number of hydrogen-bond donors (Lipinski definition) is 3. The zero-order valence-electron chi connectivity index (χ0n) is 8.73. The Morgan fingerprint density at radius 2 is 2.20 bits per heavy atom. The van der Waals surface area contributed by atoms with Crippen molar-refractivity contribution < 1.29 is 24.1 Å². The fraction of sp³-hybridized carbons (Fsp3) is 0.889. The molecule has 0 spiro atoms. The molecule has 0 amide bonds. The van der Waals surface area contributed by atoms with Crippen LogP contribution in [0, 0.1) is 5.92 Å². The first-order chi connectivity index (χ1) is 7.02. The highest BCUT2D eigenvalue weighted by Crippen LogP contribution is 2.18. The number of carboxylic acid groups (broad SMARTS) is 1. The number of methoxy groups -OCH3 is 1. The maximum absolute atomic E-state index is 11.9. The van der Waals surface area contributed by atoms with E-state index in [-0.39, 0.29) is 12.8 Å². The van der Waals surface area contributed by atoms with Gasteiger partial charge in [0.2, 0.25) is 0 Å². The van der Waals surface area contributed by atoms with Crippen LogP contribution in [0.5, 0.6) is 0 Å². The Morgan fingerprint density at radius 3 is 2.60 bits per heavy atom. The Labute approximate surface area is 88.0 Å². The number of carbonyl (C=O) groups is 1. The van der Waals surface area contributed by atoms with Crippen molar-refractivity contribution in [2.75, 3.05) is 13.8 Å². The maximum Gasteiger partial charge on any atom is 0.320 e. The van der Waals surface area contributed by atoms with Crippen LogP contribution in [0.15, 0.2) is 0 Å². The number of aliphatic hydroxyl groups excluding tert-OH is 1. The third-order valence-electron chi connectivity index (χ3n) is 2.23. The maximum atomic E-state index is 11.9. The van der Waals surface area contributed by atoms with E-state index in [1.165, 1.54) is 7.11 Å². The van der Waals surface area contributed by atoms with Crippen LogP contribution in [-0.2, 0) is 9.53 Å². The molecule has 0 bridgehead atoms. The Balaban J connectivity index is 4.16. The molecule has 15 heavy (non-hydrogen) atoms. The van der Waals surface area contributed by atoms with Crippen molar-refractivity contribution in [3.8, 4) is 0 Å². The molecule has 0 saturated heterocycles. The third kappa shape index (κ3) is 5.66.